The van der Waals surface area contributed by atoms with E-state index in [0.717, 1.165) is 11.1 Å². The molecule has 1 unspecified atom stereocenters. The van der Waals surface area contributed by atoms with Crippen molar-refractivity contribution in [3.8, 4) is 17.2 Å². The predicted octanol–water partition coefficient (Wildman–Crippen LogP) is 4.23. The van der Waals surface area contributed by atoms with Crippen LogP contribution in [0.25, 0.3) is 0 Å². The van der Waals surface area contributed by atoms with E-state index >= 15 is 0 Å². The molecule has 0 saturated carbocycles. The summed E-state index contributed by atoms with van der Waals surface area (Å²) in [5.41, 5.74) is 2.07. The monoisotopic (exact) mass is 379 g/mol. The van der Waals surface area contributed by atoms with Crippen LogP contribution in [-0.2, 0) is 6.61 Å². The Morgan fingerprint density at radius 1 is 1.04 bits per heavy atom. The fourth-order valence-corrected chi connectivity index (χ4v) is 2.97. The highest BCUT2D eigenvalue weighted by atomic mass is 19.1. The van der Waals surface area contributed by atoms with Gasteiger partial charge in [0, 0.05) is 5.56 Å². The molecule has 4 rings (SSSR count). The molecule has 5 nitrogen and oxygen atoms in total. The molecule has 0 aliphatic carbocycles. The van der Waals surface area contributed by atoms with Crippen molar-refractivity contribution in [2.75, 3.05) is 7.11 Å². The third kappa shape index (κ3) is 3.62. The van der Waals surface area contributed by atoms with Crippen LogP contribution in [0.3, 0.4) is 0 Å². The zero-order valence-electron chi connectivity index (χ0n) is 15.1. The average Bonchev–Trinajstić information content (AvgIpc) is 2.73. The third-order valence-electron chi connectivity index (χ3n) is 4.44. The second-order valence-electron chi connectivity index (χ2n) is 6.29. The van der Waals surface area contributed by atoms with Crippen molar-refractivity contribution >= 4 is 5.91 Å². The molecule has 28 heavy (non-hydrogen) atoms. The maximum atomic E-state index is 13.0. The van der Waals surface area contributed by atoms with Gasteiger partial charge in [0.1, 0.15) is 18.2 Å². The molecule has 0 radical (unpaired) electrons. The van der Waals surface area contributed by atoms with E-state index in [1.54, 1.807) is 55.6 Å². The molecule has 1 atom stereocenters. The number of amides is 1. The van der Waals surface area contributed by atoms with Gasteiger partial charge in [-0.05, 0) is 48.0 Å². The minimum atomic E-state index is -0.623. The van der Waals surface area contributed by atoms with Gasteiger partial charge in [-0.15, -0.1) is 0 Å². The number of hydrogen-bond donors (Lipinski definition) is 1. The Bertz CT molecular complexity index is 1000. The van der Waals surface area contributed by atoms with Crippen LogP contribution in [0, 0.1) is 5.82 Å². The Kier molecular flexibility index (Phi) is 4.85. The second-order valence-corrected chi connectivity index (χ2v) is 6.29. The Balaban J connectivity index is 1.52. The van der Waals surface area contributed by atoms with Gasteiger partial charge in [0.15, 0.2) is 17.7 Å². The maximum absolute atomic E-state index is 13.0. The molecule has 1 heterocycles. The lowest BCUT2D eigenvalue weighted by atomic mass is 10.1. The zero-order chi connectivity index (χ0) is 19.5. The number of ether oxygens (including phenoxy) is 3. The average molecular weight is 379 g/mol. The maximum Gasteiger partial charge on any atom is 0.258 e. The van der Waals surface area contributed by atoms with Crippen LogP contribution < -0.4 is 19.5 Å². The summed E-state index contributed by atoms with van der Waals surface area (Å²) in [5, 5.41) is 2.83. The topological polar surface area (TPSA) is 56.8 Å². The lowest BCUT2D eigenvalue weighted by molar-refractivity contribution is 0.0755. The molecule has 3 aromatic rings. The van der Waals surface area contributed by atoms with Crippen LogP contribution in [-0.4, -0.2) is 13.0 Å². The standard InChI is InChI=1S/C22H18FNO4/c1-26-20-12-15(22-24-21(25)17-4-2-3-5-18(17)28-22)8-11-19(20)27-13-14-6-9-16(23)10-7-14/h2-12,22H,13H2,1H3,(H,24,25). The molecule has 0 bridgehead atoms. The van der Waals surface area contributed by atoms with Crippen molar-refractivity contribution in [2.45, 2.75) is 12.8 Å². The summed E-state index contributed by atoms with van der Waals surface area (Å²) in [6, 6.07) is 18.5. The van der Waals surface area contributed by atoms with Gasteiger partial charge in [0.05, 0.1) is 12.7 Å². The van der Waals surface area contributed by atoms with Gasteiger partial charge in [-0.25, -0.2) is 4.39 Å². The molecule has 1 N–H and O–H groups in total. The summed E-state index contributed by atoms with van der Waals surface area (Å²) >= 11 is 0. The minimum Gasteiger partial charge on any atom is -0.493 e. The normalized spacial score (nSPS) is 15.2. The van der Waals surface area contributed by atoms with Gasteiger partial charge in [-0.2, -0.15) is 0 Å². The van der Waals surface area contributed by atoms with E-state index in [4.69, 9.17) is 14.2 Å². The number of rotatable bonds is 5. The van der Waals surface area contributed by atoms with Crippen LogP contribution in [0.15, 0.2) is 66.7 Å². The summed E-state index contributed by atoms with van der Waals surface area (Å²) in [6.07, 6.45) is -0.623. The molecule has 0 saturated heterocycles. The third-order valence-corrected chi connectivity index (χ3v) is 4.44. The smallest absolute Gasteiger partial charge is 0.258 e. The van der Waals surface area contributed by atoms with Crippen molar-refractivity contribution < 1.29 is 23.4 Å². The Labute approximate surface area is 161 Å². The first-order chi connectivity index (χ1) is 13.6. The number of hydrogen-bond acceptors (Lipinski definition) is 4. The summed E-state index contributed by atoms with van der Waals surface area (Å²) in [6.45, 7) is 0.278. The fraction of sp³-hybridized carbons (Fsp3) is 0.136. The summed E-state index contributed by atoms with van der Waals surface area (Å²) in [7, 11) is 1.54. The Morgan fingerprint density at radius 2 is 1.82 bits per heavy atom. The zero-order valence-corrected chi connectivity index (χ0v) is 15.1. The lowest BCUT2D eigenvalue weighted by Crippen LogP contribution is -2.36. The highest BCUT2D eigenvalue weighted by Crippen LogP contribution is 2.34. The van der Waals surface area contributed by atoms with Gasteiger partial charge in [0.2, 0.25) is 0 Å². The number of benzene rings is 3. The molecule has 1 aliphatic heterocycles. The van der Waals surface area contributed by atoms with E-state index in [1.165, 1.54) is 12.1 Å². The van der Waals surface area contributed by atoms with Gasteiger partial charge in [0.25, 0.3) is 5.91 Å². The van der Waals surface area contributed by atoms with Crippen molar-refractivity contribution in [1.29, 1.82) is 0 Å². The molecule has 6 heteroatoms. The fourth-order valence-electron chi connectivity index (χ4n) is 2.97. The molecule has 1 amide bonds. The van der Waals surface area contributed by atoms with Crippen LogP contribution in [0.4, 0.5) is 4.39 Å². The Morgan fingerprint density at radius 3 is 2.61 bits per heavy atom. The predicted molar refractivity (Wildman–Crippen MR) is 101 cm³/mol. The number of methoxy groups -OCH3 is 1. The van der Waals surface area contributed by atoms with Crippen LogP contribution in [0.1, 0.15) is 27.7 Å². The molecular formula is C22H18FNO4. The molecule has 1 aliphatic rings. The largest absolute Gasteiger partial charge is 0.493 e. The second kappa shape index (κ2) is 7.60. The molecule has 0 fully saturated rings. The summed E-state index contributed by atoms with van der Waals surface area (Å²) in [5.74, 6) is 1.10. The number of halogens is 1. The van der Waals surface area contributed by atoms with E-state index in [9.17, 15) is 9.18 Å². The number of fused-ring (bicyclic) bond motifs is 1. The van der Waals surface area contributed by atoms with Crippen molar-refractivity contribution in [3.05, 3.63) is 89.2 Å². The van der Waals surface area contributed by atoms with E-state index in [-0.39, 0.29) is 18.3 Å². The first-order valence-corrected chi connectivity index (χ1v) is 8.76. The highest BCUT2D eigenvalue weighted by Gasteiger charge is 2.26. The lowest BCUT2D eigenvalue weighted by Gasteiger charge is -2.27. The van der Waals surface area contributed by atoms with Crippen LogP contribution in [0.2, 0.25) is 0 Å². The first-order valence-electron chi connectivity index (χ1n) is 8.76. The van der Waals surface area contributed by atoms with Crippen molar-refractivity contribution in [2.24, 2.45) is 0 Å². The van der Waals surface area contributed by atoms with Gasteiger partial charge in [-0.3, -0.25) is 4.79 Å². The van der Waals surface area contributed by atoms with Crippen LogP contribution >= 0.6 is 0 Å². The summed E-state index contributed by atoms with van der Waals surface area (Å²) in [4.78, 5) is 12.3. The van der Waals surface area contributed by atoms with Crippen LogP contribution in [0.5, 0.6) is 17.2 Å². The number of carbonyl (C=O) groups is 1. The minimum absolute atomic E-state index is 0.192. The van der Waals surface area contributed by atoms with E-state index < -0.39 is 6.23 Å². The molecule has 3 aromatic carbocycles. The van der Waals surface area contributed by atoms with E-state index in [0.29, 0.717) is 22.8 Å². The number of nitrogens with one attached hydrogen (secondary N) is 1. The SMILES string of the molecule is COc1cc(C2NC(=O)c3ccccc3O2)ccc1OCc1ccc(F)cc1. The van der Waals surface area contributed by atoms with Gasteiger partial charge >= 0.3 is 0 Å². The summed E-state index contributed by atoms with van der Waals surface area (Å²) < 4.78 is 30.1. The van der Waals surface area contributed by atoms with Gasteiger partial charge in [-0.1, -0.05) is 24.3 Å². The molecule has 0 aromatic heterocycles. The number of para-hydroxylation sites is 1. The molecule has 0 spiro atoms. The molecular weight excluding hydrogens is 361 g/mol. The highest BCUT2D eigenvalue weighted by molar-refractivity contribution is 5.98. The quantitative estimate of drug-likeness (QED) is 0.721. The van der Waals surface area contributed by atoms with Crippen molar-refractivity contribution in [1.82, 2.24) is 5.32 Å². The van der Waals surface area contributed by atoms with E-state index in [2.05, 4.69) is 5.32 Å². The Hall–Kier alpha value is -3.54. The number of carbonyl (C=O) groups excluding carboxylic acids is 1. The van der Waals surface area contributed by atoms with E-state index in [1.807, 2.05) is 6.07 Å². The first kappa shape index (κ1) is 17.9. The molecule has 142 valence electrons. The van der Waals surface area contributed by atoms with Crippen molar-refractivity contribution in [3.63, 3.8) is 0 Å². The van der Waals surface area contributed by atoms with Gasteiger partial charge < -0.3 is 19.5 Å².